The summed E-state index contributed by atoms with van der Waals surface area (Å²) in [6.07, 6.45) is -10.0. The second kappa shape index (κ2) is 8.81. The predicted octanol–water partition coefficient (Wildman–Crippen LogP) is 5.05. The summed E-state index contributed by atoms with van der Waals surface area (Å²) in [5.74, 6) is -1.17. The van der Waals surface area contributed by atoms with Crippen LogP contribution >= 0.6 is 11.8 Å². The number of nitrogens with zero attached hydrogens (tertiary/aromatic N) is 4. The Bertz CT molecular complexity index is 1110. The zero-order chi connectivity index (χ0) is 23.7. The number of carbonyl (C=O) groups is 1. The van der Waals surface area contributed by atoms with Crippen LogP contribution in [0.5, 0.6) is 0 Å². The molecule has 170 valence electrons. The normalized spacial score (nSPS) is 12.1. The smallest absolute Gasteiger partial charge is 0.325 e. The molecule has 0 aliphatic heterocycles. The number of benzene rings is 2. The van der Waals surface area contributed by atoms with Gasteiger partial charge in [0, 0.05) is 5.69 Å². The van der Waals surface area contributed by atoms with E-state index in [1.54, 1.807) is 6.07 Å². The van der Waals surface area contributed by atoms with E-state index in [0.717, 1.165) is 22.9 Å². The van der Waals surface area contributed by atoms with Crippen LogP contribution in [0.3, 0.4) is 0 Å². The number of rotatable bonds is 5. The number of thioether (sulfide) groups is 1. The summed E-state index contributed by atoms with van der Waals surface area (Å²) in [4.78, 5) is 12.2. The van der Waals surface area contributed by atoms with Gasteiger partial charge < -0.3 is 5.32 Å². The molecule has 0 aliphatic carbocycles. The number of halogens is 6. The maximum atomic E-state index is 13.0. The SMILES string of the molecule is Cc1ccc(-n2nnnc2SCC(=O)Nc2cc(C(F)(F)F)cc(C(F)(F)F)c2)c(C)c1. The number of anilines is 1. The highest BCUT2D eigenvalue weighted by molar-refractivity contribution is 7.99. The molecule has 32 heavy (non-hydrogen) atoms. The van der Waals surface area contributed by atoms with E-state index >= 15 is 0 Å². The molecule has 3 rings (SSSR count). The van der Waals surface area contributed by atoms with Crippen LogP contribution < -0.4 is 5.32 Å². The molecule has 0 aliphatic rings. The van der Waals surface area contributed by atoms with Gasteiger partial charge in [-0.25, -0.2) is 0 Å². The average molecular weight is 475 g/mol. The molecular formula is C19H15F6N5OS. The fourth-order valence-corrected chi connectivity index (χ4v) is 3.50. The molecule has 1 aromatic heterocycles. The first-order valence-electron chi connectivity index (χ1n) is 8.93. The van der Waals surface area contributed by atoms with Gasteiger partial charge in [0.15, 0.2) is 0 Å². The van der Waals surface area contributed by atoms with Crippen molar-refractivity contribution in [3.63, 3.8) is 0 Å². The Kier molecular flexibility index (Phi) is 6.49. The summed E-state index contributed by atoms with van der Waals surface area (Å²) in [6.45, 7) is 3.76. The van der Waals surface area contributed by atoms with Gasteiger partial charge >= 0.3 is 12.4 Å². The lowest BCUT2D eigenvalue weighted by Gasteiger charge is -2.14. The van der Waals surface area contributed by atoms with E-state index in [1.165, 1.54) is 4.68 Å². The minimum atomic E-state index is -5.01. The topological polar surface area (TPSA) is 72.7 Å². The Morgan fingerprint density at radius 3 is 2.19 bits per heavy atom. The summed E-state index contributed by atoms with van der Waals surface area (Å²) >= 11 is 0.879. The number of tetrazole rings is 1. The number of amides is 1. The van der Waals surface area contributed by atoms with Crippen molar-refractivity contribution in [1.29, 1.82) is 0 Å². The molecule has 0 bridgehead atoms. The van der Waals surface area contributed by atoms with E-state index in [0.29, 0.717) is 17.8 Å². The highest BCUT2D eigenvalue weighted by atomic mass is 32.2. The zero-order valence-corrected chi connectivity index (χ0v) is 17.4. The average Bonchev–Trinajstić information content (AvgIpc) is 3.13. The quantitative estimate of drug-likeness (QED) is 0.413. The molecule has 0 atom stereocenters. The van der Waals surface area contributed by atoms with Gasteiger partial charge in [0.1, 0.15) is 0 Å². The standard InChI is InChI=1S/C19H15F6N5OS/c1-10-3-4-15(11(2)5-10)30-17(27-28-29-30)32-9-16(31)26-14-7-12(18(20,21)22)6-13(8-14)19(23,24)25/h3-8H,9H2,1-2H3,(H,26,31). The fourth-order valence-electron chi connectivity index (χ4n) is 2.82. The van der Waals surface area contributed by atoms with Crippen molar-refractivity contribution in [2.75, 3.05) is 11.1 Å². The van der Waals surface area contributed by atoms with E-state index in [9.17, 15) is 31.1 Å². The van der Waals surface area contributed by atoms with Crippen LogP contribution in [0.2, 0.25) is 0 Å². The first-order valence-corrected chi connectivity index (χ1v) is 9.91. The largest absolute Gasteiger partial charge is 0.416 e. The second-order valence-corrected chi connectivity index (χ2v) is 7.74. The van der Waals surface area contributed by atoms with Crippen LogP contribution in [-0.4, -0.2) is 31.9 Å². The first kappa shape index (κ1) is 23.6. The van der Waals surface area contributed by atoms with E-state index < -0.39 is 35.1 Å². The first-order chi connectivity index (χ1) is 14.8. The number of nitrogens with one attached hydrogen (secondary N) is 1. The minimum absolute atomic E-state index is 0.0115. The molecule has 0 unspecified atom stereocenters. The summed E-state index contributed by atoms with van der Waals surface area (Å²) in [5.41, 5.74) is -1.11. The lowest BCUT2D eigenvalue weighted by Crippen LogP contribution is -2.17. The van der Waals surface area contributed by atoms with Gasteiger partial charge in [-0.05, 0) is 54.1 Å². The summed E-state index contributed by atoms with van der Waals surface area (Å²) in [6, 6.07) is 6.41. The Balaban J connectivity index is 1.76. The number of aryl methyl sites for hydroxylation is 2. The van der Waals surface area contributed by atoms with Gasteiger partial charge in [0.25, 0.3) is 0 Å². The van der Waals surface area contributed by atoms with Crippen molar-refractivity contribution < 1.29 is 31.1 Å². The Morgan fingerprint density at radius 1 is 1.00 bits per heavy atom. The third-order valence-electron chi connectivity index (χ3n) is 4.23. The number of alkyl halides is 6. The number of hydrogen-bond acceptors (Lipinski definition) is 5. The van der Waals surface area contributed by atoms with Crippen molar-refractivity contribution in [2.24, 2.45) is 0 Å². The molecule has 0 spiro atoms. The number of carbonyl (C=O) groups excluding carboxylic acids is 1. The zero-order valence-electron chi connectivity index (χ0n) is 16.5. The van der Waals surface area contributed by atoms with Crippen LogP contribution in [0.25, 0.3) is 5.69 Å². The molecule has 0 fully saturated rings. The van der Waals surface area contributed by atoms with Gasteiger partial charge in [0.2, 0.25) is 11.1 Å². The molecule has 1 N–H and O–H groups in total. The van der Waals surface area contributed by atoms with Crippen molar-refractivity contribution in [2.45, 2.75) is 31.4 Å². The molecule has 6 nitrogen and oxygen atoms in total. The van der Waals surface area contributed by atoms with Crippen molar-refractivity contribution in [3.05, 3.63) is 58.7 Å². The van der Waals surface area contributed by atoms with Crippen molar-refractivity contribution >= 4 is 23.4 Å². The van der Waals surface area contributed by atoms with Crippen molar-refractivity contribution in [3.8, 4) is 5.69 Å². The highest BCUT2D eigenvalue weighted by Gasteiger charge is 2.37. The number of aromatic nitrogens is 4. The molecule has 13 heteroatoms. The maximum Gasteiger partial charge on any atom is 0.416 e. The van der Waals surface area contributed by atoms with Gasteiger partial charge in [-0.2, -0.15) is 31.0 Å². The summed E-state index contributed by atoms with van der Waals surface area (Å²) < 4.78 is 79.2. The predicted molar refractivity (Wildman–Crippen MR) is 104 cm³/mol. The fraction of sp³-hybridized carbons (Fsp3) is 0.263. The molecular weight excluding hydrogens is 460 g/mol. The molecule has 0 radical (unpaired) electrons. The van der Waals surface area contributed by atoms with E-state index in [4.69, 9.17) is 0 Å². The second-order valence-electron chi connectivity index (χ2n) is 6.79. The van der Waals surface area contributed by atoms with Gasteiger partial charge in [-0.15, -0.1) is 5.10 Å². The van der Waals surface area contributed by atoms with Crippen LogP contribution in [0.4, 0.5) is 32.0 Å². The Labute approximate surface area is 182 Å². The summed E-state index contributed by atoms with van der Waals surface area (Å²) in [7, 11) is 0. The molecule has 0 saturated heterocycles. The third kappa shape index (κ3) is 5.58. The minimum Gasteiger partial charge on any atom is -0.325 e. The Hall–Kier alpha value is -3.09. The van der Waals surface area contributed by atoms with E-state index in [-0.39, 0.29) is 17.0 Å². The van der Waals surface area contributed by atoms with Gasteiger partial charge in [-0.3, -0.25) is 4.79 Å². The maximum absolute atomic E-state index is 13.0. The van der Waals surface area contributed by atoms with Crippen LogP contribution in [-0.2, 0) is 17.1 Å². The monoisotopic (exact) mass is 475 g/mol. The van der Waals surface area contributed by atoms with E-state index in [1.807, 2.05) is 26.0 Å². The lowest BCUT2D eigenvalue weighted by atomic mass is 10.1. The molecule has 3 aromatic rings. The summed E-state index contributed by atoms with van der Waals surface area (Å²) in [5, 5.41) is 13.5. The molecule has 1 amide bonds. The molecule has 2 aromatic carbocycles. The van der Waals surface area contributed by atoms with Gasteiger partial charge in [0.05, 0.1) is 22.6 Å². The Morgan fingerprint density at radius 2 is 1.62 bits per heavy atom. The van der Waals surface area contributed by atoms with Crippen LogP contribution in [0.1, 0.15) is 22.3 Å². The van der Waals surface area contributed by atoms with Crippen LogP contribution in [0.15, 0.2) is 41.6 Å². The van der Waals surface area contributed by atoms with E-state index in [2.05, 4.69) is 20.8 Å². The lowest BCUT2D eigenvalue weighted by molar-refractivity contribution is -0.143. The molecule has 1 heterocycles. The molecule has 0 saturated carbocycles. The van der Waals surface area contributed by atoms with Crippen molar-refractivity contribution in [1.82, 2.24) is 20.2 Å². The third-order valence-corrected chi connectivity index (χ3v) is 5.14. The van der Waals surface area contributed by atoms with Crippen LogP contribution in [0, 0.1) is 13.8 Å². The number of hydrogen-bond donors (Lipinski definition) is 1. The highest BCUT2D eigenvalue weighted by Crippen LogP contribution is 2.37. The van der Waals surface area contributed by atoms with Gasteiger partial charge in [-0.1, -0.05) is 29.5 Å².